The molecule has 0 unspecified atom stereocenters. The van der Waals surface area contributed by atoms with E-state index in [2.05, 4.69) is 0 Å². The molecule has 0 spiro atoms. The molecule has 1 nitrogen and oxygen atoms in total. The van der Waals surface area contributed by atoms with Crippen molar-refractivity contribution < 1.29 is 13.2 Å². The first-order valence-electron chi connectivity index (χ1n) is 4.06. The van der Waals surface area contributed by atoms with Crippen LogP contribution in [-0.2, 0) is 0 Å². The van der Waals surface area contributed by atoms with Crippen LogP contribution in [-0.4, -0.2) is 12.7 Å². The second kappa shape index (κ2) is 2.62. The highest BCUT2D eigenvalue weighted by molar-refractivity contribution is 5.05. The zero-order valence-corrected chi connectivity index (χ0v) is 7.28. The van der Waals surface area contributed by atoms with Gasteiger partial charge in [0.1, 0.15) is 0 Å². The van der Waals surface area contributed by atoms with Gasteiger partial charge in [0.15, 0.2) is 0 Å². The molecule has 0 aliphatic heterocycles. The minimum Gasteiger partial charge on any atom is -0.330 e. The van der Waals surface area contributed by atoms with E-state index in [4.69, 9.17) is 5.73 Å². The number of hydrogen-bond donors (Lipinski definition) is 1. The van der Waals surface area contributed by atoms with Crippen LogP contribution in [0.1, 0.15) is 20.3 Å². The van der Waals surface area contributed by atoms with E-state index >= 15 is 0 Å². The Balaban J connectivity index is 2.48. The smallest absolute Gasteiger partial charge is 0.330 e. The fourth-order valence-electron chi connectivity index (χ4n) is 1.98. The molecular weight excluding hydrogens is 167 g/mol. The molecule has 0 aromatic heterocycles. The van der Waals surface area contributed by atoms with Crippen LogP contribution in [0.15, 0.2) is 0 Å². The van der Waals surface area contributed by atoms with Crippen molar-refractivity contribution in [3.8, 4) is 0 Å². The molecule has 12 heavy (non-hydrogen) atoms. The lowest BCUT2D eigenvalue weighted by atomic mass is 10.1. The van der Waals surface area contributed by atoms with Gasteiger partial charge in [-0.2, -0.15) is 13.2 Å². The van der Waals surface area contributed by atoms with Gasteiger partial charge in [0, 0.05) is 6.42 Å². The first-order valence-corrected chi connectivity index (χ1v) is 4.06. The Morgan fingerprint density at radius 2 is 1.75 bits per heavy atom. The van der Waals surface area contributed by atoms with Gasteiger partial charge in [0.05, 0.1) is 0 Å². The molecule has 1 aliphatic carbocycles. The Labute approximate surface area is 70.1 Å². The molecule has 0 amide bonds. The summed E-state index contributed by atoms with van der Waals surface area (Å²) in [5, 5.41) is 0. The normalized spacial score (nSPS) is 33.5. The van der Waals surface area contributed by atoms with Crippen molar-refractivity contribution in [3.05, 3.63) is 0 Å². The molecule has 0 radical (unpaired) electrons. The van der Waals surface area contributed by atoms with Gasteiger partial charge >= 0.3 is 6.18 Å². The van der Waals surface area contributed by atoms with E-state index in [0.717, 1.165) is 0 Å². The lowest BCUT2D eigenvalue weighted by molar-refractivity contribution is -0.140. The van der Waals surface area contributed by atoms with Gasteiger partial charge in [-0.05, 0) is 23.8 Å². The van der Waals surface area contributed by atoms with Crippen LogP contribution in [0.2, 0.25) is 0 Å². The first-order chi connectivity index (χ1) is 5.29. The fourth-order valence-corrected chi connectivity index (χ4v) is 1.98. The highest BCUT2D eigenvalue weighted by atomic mass is 19.4. The van der Waals surface area contributed by atoms with E-state index in [9.17, 15) is 13.2 Å². The van der Waals surface area contributed by atoms with Gasteiger partial charge in [0.2, 0.25) is 0 Å². The standard InChI is InChI=1S/C8H14F3N/c1-7(2)5(6(7)4-12)3-8(9,10)11/h5-6H,3-4,12H2,1-2H3/t5-,6-/m0/s1. The highest BCUT2D eigenvalue weighted by Gasteiger charge is 2.59. The van der Waals surface area contributed by atoms with Gasteiger partial charge in [-0.15, -0.1) is 0 Å². The third-order valence-corrected chi connectivity index (χ3v) is 2.99. The maximum absolute atomic E-state index is 12.0. The van der Waals surface area contributed by atoms with Crippen molar-refractivity contribution in [2.45, 2.75) is 26.4 Å². The largest absolute Gasteiger partial charge is 0.389 e. The summed E-state index contributed by atoms with van der Waals surface area (Å²) in [7, 11) is 0. The van der Waals surface area contributed by atoms with Crippen LogP contribution >= 0.6 is 0 Å². The highest BCUT2D eigenvalue weighted by Crippen LogP contribution is 2.61. The molecule has 0 aromatic rings. The quantitative estimate of drug-likeness (QED) is 0.694. The molecule has 1 fully saturated rings. The maximum Gasteiger partial charge on any atom is 0.389 e. The van der Waals surface area contributed by atoms with Crippen LogP contribution in [0.5, 0.6) is 0 Å². The maximum atomic E-state index is 12.0. The summed E-state index contributed by atoms with van der Waals surface area (Å²) >= 11 is 0. The Bertz CT molecular complexity index is 174. The minimum atomic E-state index is -4.04. The molecule has 2 N–H and O–H groups in total. The molecule has 1 aliphatic rings. The van der Waals surface area contributed by atoms with Crippen molar-refractivity contribution in [1.29, 1.82) is 0 Å². The summed E-state index contributed by atoms with van der Waals surface area (Å²) in [4.78, 5) is 0. The van der Waals surface area contributed by atoms with E-state index in [1.165, 1.54) is 0 Å². The Hall–Kier alpha value is -0.250. The Kier molecular flexibility index (Phi) is 2.15. The molecule has 0 bridgehead atoms. The summed E-state index contributed by atoms with van der Waals surface area (Å²) in [5.74, 6) is -0.207. The van der Waals surface area contributed by atoms with Crippen molar-refractivity contribution in [2.24, 2.45) is 23.0 Å². The lowest BCUT2D eigenvalue weighted by Gasteiger charge is -2.06. The van der Waals surface area contributed by atoms with Crippen LogP contribution in [0.4, 0.5) is 13.2 Å². The van der Waals surface area contributed by atoms with Crippen molar-refractivity contribution in [2.75, 3.05) is 6.54 Å². The predicted molar refractivity (Wildman–Crippen MR) is 40.5 cm³/mol. The van der Waals surface area contributed by atoms with Crippen LogP contribution in [0.3, 0.4) is 0 Å². The summed E-state index contributed by atoms with van der Waals surface area (Å²) in [6.07, 6.45) is -4.71. The van der Waals surface area contributed by atoms with E-state index in [1.54, 1.807) is 0 Å². The number of alkyl halides is 3. The molecular formula is C8H14F3N. The molecule has 1 saturated carbocycles. The third kappa shape index (κ3) is 1.73. The topological polar surface area (TPSA) is 26.0 Å². The molecule has 0 saturated heterocycles. The molecule has 2 atom stereocenters. The van der Waals surface area contributed by atoms with Crippen LogP contribution < -0.4 is 5.73 Å². The van der Waals surface area contributed by atoms with E-state index in [1.807, 2.05) is 13.8 Å². The summed E-state index contributed by atoms with van der Waals surface area (Å²) in [6, 6.07) is 0. The van der Waals surface area contributed by atoms with E-state index in [0.29, 0.717) is 6.54 Å². The monoisotopic (exact) mass is 181 g/mol. The zero-order chi connectivity index (χ0) is 9.57. The third-order valence-electron chi connectivity index (χ3n) is 2.99. The second-order valence-electron chi connectivity index (χ2n) is 4.09. The number of halogens is 3. The summed E-state index contributed by atoms with van der Waals surface area (Å²) < 4.78 is 35.9. The molecule has 1 rings (SSSR count). The lowest BCUT2D eigenvalue weighted by Crippen LogP contribution is -2.11. The molecule has 0 heterocycles. The van der Waals surface area contributed by atoms with Crippen LogP contribution in [0, 0.1) is 17.3 Å². The number of rotatable bonds is 2. The molecule has 72 valence electrons. The van der Waals surface area contributed by atoms with E-state index in [-0.39, 0.29) is 17.3 Å². The van der Waals surface area contributed by atoms with Crippen molar-refractivity contribution in [1.82, 2.24) is 0 Å². The molecule has 4 heteroatoms. The van der Waals surface area contributed by atoms with Gasteiger partial charge in [0.25, 0.3) is 0 Å². The van der Waals surface area contributed by atoms with Crippen LogP contribution in [0.25, 0.3) is 0 Å². The number of hydrogen-bond acceptors (Lipinski definition) is 1. The average molecular weight is 181 g/mol. The SMILES string of the molecule is CC1(C)[C@@H](CN)[C@@H]1CC(F)(F)F. The van der Waals surface area contributed by atoms with Gasteiger partial charge in [-0.25, -0.2) is 0 Å². The summed E-state index contributed by atoms with van der Waals surface area (Å²) in [5.41, 5.74) is 5.15. The fraction of sp³-hybridized carbons (Fsp3) is 1.00. The van der Waals surface area contributed by atoms with E-state index < -0.39 is 12.6 Å². The average Bonchev–Trinajstić information content (AvgIpc) is 2.30. The second-order valence-corrected chi connectivity index (χ2v) is 4.09. The summed E-state index contributed by atoms with van der Waals surface area (Å²) in [6.45, 7) is 4.07. The Morgan fingerprint density at radius 1 is 1.25 bits per heavy atom. The van der Waals surface area contributed by atoms with Gasteiger partial charge in [-0.1, -0.05) is 13.8 Å². The molecule has 0 aromatic carbocycles. The number of nitrogens with two attached hydrogens (primary N) is 1. The van der Waals surface area contributed by atoms with Gasteiger partial charge < -0.3 is 5.73 Å². The van der Waals surface area contributed by atoms with Gasteiger partial charge in [-0.3, -0.25) is 0 Å². The minimum absolute atomic E-state index is 0.0547. The van der Waals surface area contributed by atoms with Crippen molar-refractivity contribution >= 4 is 0 Å². The zero-order valence-electron chi connectivity index (χ0n) is 7.28. The first kappa shape index (κ1) is 9.84. The van der Waals surface area contributed by atoms with Crippen molar-refractivity contribution in [3.63, 3.8) is 0 Å². The Morgan fingerprint density at radius 3 is 2.00 bits per heavy atom. The predicted octanol–water partition coefficient (Wildman–Crippen LogP) is 2.17.